The molecule has 0 saturated carbocycles. The number of nitrogens with one attached hydrogen (secondary N) is 1. The number of carbonyl (C=O) groups is 1. The Labute approximate surface area is 165 Å². The number of anilines is 1. The number of amides is 2. The Morgan fingerprint density at radius 1 is 1.07 bits per heavy atom. The van der Waals surface area contributed by atoms with Crippen molar-refractivity contribution in [2.75, 3.05) is 24.7 Å². The van der Waals surface area contributed by atoms with Gasteiger partial charge >= 0.3 is 6.03 Å². The molecule has 0 aliphatic carbocycles. The lowest BCUT2D eigenvalue weighted by atomic mass is 10.1. The summed E-state index contributed by atoms with van der Waals surface area (Å²) in [6.07, 6.45) is 2.87. The number of aryl methyl sites for hydroxylation is 1. The standard InChI is InChI=1S/C20H24N2O3S2/c1-15-7-9-16(10-8-15)27(24,25)17-11-13-22(14-12-17)20(23)21-18-5-3-4-6-19(18)26-2/h3-10,17H,11-14H2,1-2H3,(H,21,23). The lowest BCUT2D eigenvalue weighted by Crippen LogP contribution is -2.44. The molecular formula is C20H24N2O3S2. The first-order chi connectivity index (χ1) is 12.9. The molecule has 0 unspecified atom stereocenters. The number of benzene rings is 2. The maximum atomic E-state index is 12.8. The van der Waals surface area contributed by atoms with Gasteiger partial charge in [-0.1, -0.05) is 29.8 Å². The van der Waals surface area contributed by atoms with Crippen molar-refractivity contribution in [1.29, 1.82) is 0 Å². The number of urea groups is 1. The predicted molar refractivity (Wildman–Crippen MR) is 110 cm³/mol. The molecule has 2 amide bonds. The van der Waals surface area contributed by atoms with Crippen molar-refractivity contribution in [3.05, 3.63) is 54.1 Å². The summed E-state index contributed by atoms with van der Waals surface area (Å²) in [6, 6.07) is 14.4. The van der Waals surface area contributed by atoms with Gasteiger partial charge in [0.15, 0.2) is 9.84 Å². The van der Waals surface area contributed by atoms with Gasteiger partial charge in [0.05, 0.1) is 15.8 Å². The molecule has 0 bridgehead atoms. The third-order valence-electron chi connectivity index (χ3n) is 4.87. The summed E-state index contributed by atoms with van der Waals surface area (Å²) in [7, 11) is -3.36. The molecule has 0 atom stereocenters. The molecule has 0 aromatic heterocycles. The third kappa shape index (κ3) is 4.47. The van der Waals surface area contributed by atoms with Crippen molar-refractivity contribution in [3.8, 4) is 0 Å². The molecule has 0 spiro atoms. The van der Waals surface area contributed by atoms with Crippen molar-refractivity contribution >= 4 is 33.3 Å². The fourth-order valence-corrected chi connectivity index (χ4v) is 5.52. The summed E-state index contributed by atoms with van der Waals surface area (Å²) < 4.78 is 25.7. The number of para-hydroxylation sites is 1. The Balaban J connectivity index is 1.63. The highest BCUT2D eigenvalue weighted by Gasteiger charge is 2.32. The van der Waals surface area contributed by atoms with Gasteiger partial charge in [0.25, 0.3) is 0 Å². The summed E-state index contributed by atoms with van der Waals surface area (Å²) in [6.45, 7) is 2.80. The molecule has 1 aliphatic rings. The van der Waals surface area contributed by atoms with Gasteiger partial charge in [0.1, 0.15) is 0 Å². The molecule has 7 heteroatoms. The molecule has 5 nitrogen and oxygen atoms in total. The van der Waals surface area contributed by atoms with Crippen LogP contribution in [0, 0.1) is 6.92 Å². The number of likely N-dealkylation sites (tertiary alicyclic amines) is 1. The van der Waals surface area contributed by atoms with Crippen LogP contribution in [0.2, 0.25) is 0 Å². The maximum absolute atomic E-state index is 12.8. The fraction of sp³-hybridized carbons (Fsp3) is 0.350. The van der Waals surface area contributed by atoms with Crippen LogP contribution in [-0.4, -0.2) is 43.9 Å². The van der Waals surface area contributed by atoms with Gasteiger partial charge in [-0.15, -0.1) is 11.8 Å². The number of hydrogen-bond donors (Lipinski definition) is 1. The lowest BCUT2D eigenvalue weighted by Gasteiger charge is -2.32. The van der Waals surface area contributed by atoms with Gasteiger partial charge in [-0.3, -0.25) is 0 Å². The van der Waals surface area contributed by atoms with Gasteiger partial charge in [0.2, 0.25) is 0 Å². The minimum atomic E-state index is -3.36. The van der Waals surface area contributed by atoms with Crippen molar-refractivity contribution in [2.24, 2.45) is 0 Å². The minimum absolute atomic E-state index is 0.178. The zero-order chi connectivity index (χ0) is 19.4. The molecule has 3 rings (SSSR count). The summed E-state index contributed by atoms with van der Waals surface area (Å²) in [4.78, 5) is 15.6. The number of hydrogen-bond acceptors (Lipinski definition) is 4. The van der Waals surface area contributed by atoms with Crippen LogP contribution in [0.3, 0.4) is 0 Å². The van der Waals surface area contributed by atoms with Gasteiger partial charge in [-0.2, -0.15) is 0 Å². The van der Waals surface area contributed by atoms with Crippen LogP contribution in [0.4, 0.5) is 10.5 Å². The second kappa shape index (κ2) is 8.35. The van der Waals surface area contributed by atoms with Crippen LogP contribution in [0.1, 0.15) is 18.4 Å². The van der Waals surface area contributed by atoms with Crippen LogP contribution in [0.5, 0.6) is 0 Å². The number of sulfone groups is 1. The topological polar surface area (TPSA) is 66.5 Å². The fourth-order valence-electron chi connectivity index (χ4n) is 3.23. The second-order valence-corrected chi connectivity index (χ2v) is 9.75. The molecule has 27 heavy (non-hydrogen) atoms. The molecule has 2 aromatic rings. The molecule has 1 aliphatic heterocycles. The van der Waals surface area contributed by atoms with E-state index in [1.807, 2.05) is 49.6 Å². The molecule has 1 N–H and O–H groups in total. The molecule has 1 fully saturated rings. The van der Waals surface area contributed by atoms with E-state index in [2.05, 4.69) is 5.32 Å². The first-order valence-corrected chi connectivity index (χ1v) is 11.7. The molecule has 1 heterocycles. The molecule has 144 valence electrons. The Morgan fingerprint density at radius 3 is 2.33 bits per heavy atom. The number of piperidine rings is 1. The summed E-state index contributed by atoms with van der Waals surface area (Å²) >= 11 is 1.57. The Kier molecular flexibility index (Phi) is 6.11. The van der Waals surface area contributed by atoms with Gasteiger partial charge in [0, 0.05) is 18.0 Å². The van der Waals surface area contributed by atoms with Crippen molar-refractivity contribution < 1.29 is 13.2 Å². The number of carbonyl (C=O) groups excluding carboxylic acids is 1. The van der Waals surface area contributed by atoms with Crippen molar-refractivity contribution in [2.45, 2.75) is 34.8 Å². The van der Waals surface area contributed by atoms with E-state index in [9.17, 15) is 13.2 Å². The maximum Gasteiger partial charge on any atom is 0.321 e. The zero-order valence-corrected chi connectivity index (χ0v) is 17.1. The van der Waals surface area contributed by atoms with Gasteiger partial charge in [-0.25, -0.2) is 13.2 Å². The lowest BCUT2D eigenvalue weighted by molar-refractivity contribution is 0.200. The van der Waals surface area contributed by atoms with E-state index in [1.165, 1.54) is 0 Å². The van der Waals surface area contributed by atoms with E-state index in [0.29, 0.717) is 30.8 Å². The quantitative estimate of drug-likeness (QED) is 0.776. The van der Waals surface area contributed by atoms with Gasteiger partial charge in [-0.05, 0) is 50.3 Å². The summed E-state index contributed by atoms with van der Waals surface area (Å²) in [5.74, 6) is 0. The average Bonchev–Trinajstić information content (AvgIpc) is 2.69. The Morgan fingerprint density at radius 2 is 1.70 bits per heavy atom. The second-order valence-electron chi connectivity index (χ2n) is 6.67. The molecule has 0 radical (unpaired) electrons. The first kappa shape index (κ1) is 19.8. The van der Waals surface area contributed by atoms with Crippen LogP contribution < -0.4 is 5.32 Å². The van der Waals surface area contributed by atoms with Crippen LogP contribution in [-0.2, 0) is 9.84 Å². The zero-order valence-electron chi connectivity index (χ0n) is 15.5. The van der Waals surface area contributed by atoms with Crippen LogP contribution in [0.25, 0.3) is 0 Å². The predicted octanol–water partition coefficient (Wildman–Crippen LogP) is 4.19. The van der Waals surface area contributed by atoms with Crippen molar-refractivity contribution in [3.63, 3.8) is 0 Å². The highest BCUT2D eigenvalue weighted by molar-refractivity contribution is 7.98. The Hall–Kier alpha value is -1.99. The average molecular weight is 405 g/mol. The number of thioether (sulfide) groups is 1. The smallest absolute Gasteiger partial charge is 0.321 e. The SMILES string of the molecule is CSc1ccccc1NC(=O)N1CCC(S(=O)(=O)c2ccc(C)cc2)CC1. The van der Waals surface area contributed by atoms with E-state index in [1.54, 1.807) is 28.8 Å². The van der Waals surface area contributed by atoms with E-state index < -0.39 is 15.1 Å². The highest BCUT2D eigenvalue weighted by atomic mass is 32.2. The largest absolute Gasteiger partial charge is 0.324 e. The highest BCUT2D eigenvalue weighted by Crippen LogP contribution is 2.27. The number of rotatable bonds is 4. The van der Waals surface area contributed by atoms with E-state index in [0.717, 1.165) is 16.1 Å². The van der Waals surface area contributed by atoms with Gasteiger partial charge < -0.3 is 10.2 Å². The van der Waals surface area contributed by atoms with Crippen molar-refractivity contribution in [1.82, 2.24) is 4.90 Å². The first-order valence-electron chi connectivity index (χ1n) is 8.91. The van der Waals surface area contributed by atoms with E-state index >= 15 is 0 Å². The molecular weight excluding hydrogens is 380 g/mol. The normalized spacial score (nSPS) is 15.6. The van der Waals surface area contributed by atoms with E-state index in [4.69, 9.17) is 0 Å². The summed E-state index contributed by atoms with van der Waals surface area (Å²) in [5.41, 5.74) is 1.82. The summed E-state index contributed by atoms with van der Waals surface area (Å²) in [5, 5.41) is 2.50. The van der Waals surface area contributed by atoms with E-state index in [-0.39, 0.29) is 6.03 Å². The minimum Gasteiger partial charge on any atom is -0.324 e. The third-order valence-corrected chi connectivity index (χ3v) is 7.94. The monoisotopic (exact) mass is 404 g/mol. The molecule has 1 saturated heterocycles. The molecule has 2 aromatic carbocycles. The van der Waals surface area contributed by atoms with Crippen LogP contribution in [0.15, 0.2) is 58.3 Å². The number of nitrogens with zero attached hydrogens (tertiary/aromatic N) is 1. The van der Waals surface area contributed by atoms with Crippen LogP contribution >= 0.6 is 11.8 Å². The Bertz CT molecular complexity index is 903.